The second kappa shape index (κ2) is 11.6. The van der Waals surface area contributed by atoms with Crippen molar-refractivity contribution in [3.8, 4) is 0 Å². The molecule has 2 saturated carbocycles. The maximum Gasteiger partial charge on any atom is 0.338 e. The Kier molecular flexibility index (Phi) is 8.75. The van der Waals surface area contributed by atoms with E-state index >= 15 is 0 Å². The second-order valence-corrected chi connectivity index (χ2v) is 13.0. The lowest BCUT2D eigenvalue weighted by Gasteiger charge is -2.63. The fourth-order valence-corrected chi connectivity index (χ4v) is 7.66. The molecule has 1 aromatic rings. The Morgan fingerprint density at radius 3 is 2.09 bits per heavy atom. The van der Waals surface area contributed by atoms with Gasteiger partial charge in [0.25, 0.3) is 0 Å². The van der Waals surface area contributed by atoms with Crippen LogP contribution in [0, 0.1) is 16.7 Å². The number of ether oxygens (including phenoxy) is 4. The Hall–Kier alpha value is -3.43. The van der Waals surface area contributed by atoms with Gasteiger partial charge in [0.2, 0.25) is 0 Å². The molecule has 234 valence electrons. The Bertz CT molecular complexity index is 1340. The molecule has 0 spiro atoms. The molecule has 0 saturated heterocycles. The monoisotopic (exact) mass is 596 g/mol. The lowest BCUT2D eigenvalue weighted by atomic mass is 9.47. The Labute approximate surface area is 253 Å². The van der Waals surface area contributed by atoms with Crippen LogP contribution in [0.5, 0.6) is 0 Å². The van der Waals surface area contributed by atoms with Gasteiger partial charge >= 0.3 is 17.9 Å². The van der Waals surface area contributed by atoms with E-state index in [1.807, 2.05) is 13.8 Å². The molecule has 4 rings (SSSR count). The number of aliphatic hydroxyl groups is 2. The van der Waals surface area contributed by atoms with Crippen LogP contribution >= 0.6 is 0 Å². The van der Waals surface area contributed by atoms with E-state index in [-0.39, 0.29) is 18.4 Å². The van der Waals surface area contributed by atoms with Crippen molar-refractivity contribution in [2.45, 2.75) is 104 Å². The second-order valence-electron chi connectivity index (χ2n) is 13.0. The summed E-state index contributed by atoms with van der Waals surface area (Å²) in [5, 5.41) is 24.2. The zero-order chi connectivity index (χ0) is 32.1. The minimum Gasteiger partial charge on any atom is -0.491 e. The molecule has 9 heteroatoms. The van der Waals surface area contributed by atoms with Gasteiger partial charge in [-0.25, -0.2) is 4.79 Å². The molecule has 3 aliphatic carbocycles. The van der Waals surface area contributed by atoms with Gasteiger partial charge in [-0.3, -0.25) is 9.59 Å². The molecule has 0 aromatic heterocycles. The number of carbonyl (C=O) groups excluding carboxylic acids is 3. The molecule has 1 aromatic carbocycles. The zero-order valence-electron chi connectivity index (χ0n) is 26.1. The summed E-state index contributed by atoms with van der Waals surface area (Å²) in [6.07, 6.45) is -4.65. The fraction of sp³-hybridized carbons (Fsp3) is 0.559. The Morgan fingerprint density at radius 2 is 1.53 bits per heavy atom. The average Bonchev–Trinajstić information content (AvgIpc) is 2.91. The van der Waals surface area contributed by atoms with Crippen molar-refractivity contribution >= 4 is 17.9 Å². The molecule has 0 unspecified atom stereocenters. The maximum absolute atomic E-state index is 13.7. The smallest absolute Gasteiger partial charge is 0.338 e. The van der Waals surface area contributed by atoms with E-state index in [0.717, 1.165) is 0 Å². The van der Waals surface area contributed by atoms with Gasteiger partial charge in [-0.1, -0.05) is 52.1 Å². The average molecular weight is 597 g/mol. The standard InChI is InChI=1S/C34H44O9/c1-18(2)40-25-17-34(39)29(43-31(38)23-13-11-10-12-14-23)27-19(3)24(37)15-16-33(27,9)30(42-22(6)36)28(41-21(5)35)26(20(25)4)32(34,7)8/h10-14,24-25,27-30,37,39H,1,3,15-17H2,2,4-9H3/t24-,25-,27-,28+,29-,30-,33-,34+/m0/s1. The summed E-state index contributed by atoms with van der Waals surface area (Å²) in [6.45, 7) is 19.6. The molecule has 8 atom stereocenters. The summed E-state index contributed by atoms with van der Waals surface area (Å²) in [6, 6.07) is 8.43. The van der Waals surface area contributed by atoms with Crippen LogP contribution in [0.4, 0.5) is 0 Å². The number of hydrogen-bond donors (Lipinski definition) is 2. The highest BCUT2D eigenvalue weighted by Crippen LogP contribution is 2.62. The molecule has 2 bridgehead atoms. The van der Waals surface area contributed by atoms with Gasteiger partial charge in [0.15, 0.2) is 6.10 Å². The fourth-order valence-electron chi connectivity index (χ4n) is 7.66. The van der Waals surface area contributed by atoms with Crippen LogP contribution in [0.3, 0.4) is 0 Å². The van der Waals surface area contributed by atoms with Crippen LogP contribution in [0.2, 0.25) is 0 Å². The van der Waals surface area contributed by atoms with Gasteiger partial charge in [-0.15, -0.1) is 0 Å². The normalized spacial score (nSPS) is 35.0. The highest BCUT2D eigenvalue weighted by Gasteiger charge is 2.69. The lowest BCUT2D eigenvalue weighted by molar-refractivity contribution is -0.233. The first kappa shape index (κ1) is 32.5. The van der Waals surface area contributed by atoms with E-state index in [1.165, 1.54) is 13.8 Å². The predicted molar refractivity (Wildman–Crippen MR) is 158 cm³/mol. The highest BCUT2D eigenvalue weighted by atomic mass is 16.6. The van der Waals surface area contributed by atoms with E-state index in [1.54, 1.807) is 51.1 Å². The summed E-state index contributed by atoms with van der Waals surface area (Å²) >= 11 is 0. The largest absolute Gasteiger partial charge is 0.491 e. The van der Waals surface area contributed by atoms with Crippen molar-refractivity contribution in [3.05, 3.63) is 71.5 Å². The summed E-state index contributed by atoms with van der Waals surface area (Å²) in [5.74, 6) is -2.40. The molecule has 3 aliphatic rings. The molecule has 0 heterocycles. The number of esters is 3. The third-order valence-corrected chi connectivity index (χ3v) is 9.81. The quantitative estimate of drug-likeness (QED) is 0.206. The molecule has 0 aliphatic heterocycles. The first-order valence-electron chi connectivity index (χ1n) is 14.7. The minimum absolute atomic E-state index is 0.00406. The van der Waals surface area contributed by atoms with E-state index in [0.29, 0.717) is 28.9 Å². The van der Waals surface area contributed by atoms with E-state index < -0.39 is 70.8 Å². The van der Waals surface area contributed by atoms with Crippen LogP contribution < -0.4 is 0 Å². The zero-order valence-corrected chi connectivity index (χ0v) is 26.1. The van der Waals surface area contributed by atoms with Crippen LogP contribution in [-0.4, -0.2) is 64.2 Å². The van der Waals surface area contributed by atoms with Gasteiger partial charge in [-0.2, -0.15) is 0 Å². The number of rotatable bonds is 6. The first-order chi connectivity index (χ1) is 20.0. The number of hydrogen-bond acceptors (Lipinski definition) is 9. The SMILES string of the molecule is C=C(C)O[C@H]1C[C@@]2(O)[C@@H](OC(=O)c3ccccc3)[C@@H]3C(=C)[C@@H](O)CC[C@]3(C)[C@@H](OC(C)=O)[C@H](OC(C)=O)C(=C1C)C2(C)C. The summed E-state index contributed by atoms with van der Waals surface area (Å²) in [5.41, 5.74) is -2.36. The molecule has 0 radical (unpaired) electrons. The molecule has 2 N–H and O–H groups in total. The summed E-state index contributed by atoms with van der Waals surface area (Å²) in [7, 11) is 0. The predicted octanol–water partition coefficient (Wildman–Crippen LogP) is 4.82. The van der Waals surface area contributed by atoms with E-state index in [4.69, 9.17) is 18.9 Å². The minimum atomic E-state index is -1.84. The molecule has 9 nitrogen and oxygen atoms in total. The number of allylic oxidation sites excluding steroid dienone is 1. The van der Waals surface area contributed by atoms with Crippen molar-refractivity contribution in [2.75, 3.05) is 0 Å². The Balaban J connectivity index is 2.09. The lowest BCUT2D eigenvalue weighted by Crippen LogP contribution is -2.71. The van der Waals surface area contributed by atoms with Gasteiger partial charge in [-0.05, 0) is 55.5 Å². The van der Waals surface area contributed by atoms with Gasteiger partial charge in [0.1, 0.15) is 23.9 Å². The highest BCUT2D eigenvalue weighted by molar-refractivity contribution is 5.89. The van der Waals surface area contributed by atoms with Crippen LogP contribution in [0.15, 0.2) is 66.0 Å². The molecular weight excluding hydrogens is 552 g/mol. The topological polar surface area (TPSA) is 129 Å². The summed E-state index contributed by atoms with van der Waals surface area (Å²) in [4.78, 5) is 39.2. The van der Waals surface area contributed by atoms with Crippen LogP contribution in [-0.2, 0) is 28.5 Å². The van der Waals surface area contributed by atoms with Crippen LogP contribution in [0.25, 0.3) is 0 Å². The number of fused-ring (bicyclic) bond motifs is 3. The maximum atomic E-state index is 13.7. The summed E-state index contributed by atoms with van der Waals surface area (Å²) < 4.78 is 24.6. The number of aliphatic hydroxyl groups excluding tert-OH is 1. The van der Waals surface area contributed by atoms with Crippen molar-refractivity contribution in [1.82, 2.24) is 0 Å². The third-order valence-electron chi connectivity index (χ3n) is 9.81. The molecule has 0 amide bonds. The van der Waals surface area contributed by atoms with Gasteiger partial charge in [0.05, 0.1) is 17.4 Å². The Morgan fingerprint density at radius 1 is 0.930 bits per heavy atom. The number of benzene rings is 1. The van der Waals surface area contributed by atoms with Gasteiger partial charge in [0, 0.05) is 37.0 Å². The van der Waals surface area contributed by atoms with E-state index in [2.05, 4.69) is 13.2 Å². The number of carbonyl (C=O) groups is 3. The van der Waals surface area contributed by atoms with Crippen molar-refractivity contribution in [2.24, 2.45) is 16.7 Å². The molecule has 43 heavy (non-hydrogen) atoms. The van der Waals surface area contributed by atoms with Gasteiger partial charge < -0.3 is 29.2 Å². The van der Waals surface area contributed by atoms with Crippen molar-refractivity contribution in [1.29, 1.82) is 0 Å². The van der Waals surface area contributed by atoms with Crippen molar-refractivity contribution in [3.63, 3.8) is 0 Å². The first-order valence-corrected chi connectivity index (χ1v) is 14.7. The molecule has 2 fully saturated rings. The molecular formula is C34H44O9. The van der Waals surface area contributed by atoms with E-state index in [9.17, 15) is 24.6 Å². The van der Waals surface area contributed by atoms with Crippen LogP contribution in [0.1, 0.15) is 78.1 Å². The van der Waals surface area contributed by atoms with Crippen molar-refractivity contribution < 1.29 is 43.5 Å². The third kappa shape index (κ3) is 5.53.